The van der Waals surface area contributed by atoms with Gasteiger partial charge in [-0.25, -0.2) is 4.98 Å². The number of nitriles is 1. The lowest BCUT2D eigenvalue weighted by Crippen LogP contribution is -2.27. The van der Waals surface area contributed by atoms with Crippen LogP contribution in [0.15, 0.2) is 48.8 Å². The number of hydrogen-bond donors (Lipinski definition) is 1. The third kappa shape index (κ3) is 2.86. The van der Waals surface area contributed by atoms with Crippen LogP contribution < -0.4 is 10.2 Å². The van der Waals surface area contributed by atoms with Crippen molar-refractivity contribution in [2.75, 3.05) is 10.2 Å². The van der Waals surface area contributed by atoms with Gasteiger partial charge >= 0.3 is 0 Å². The van der Waals surface area contributed by atoms with E-state index in [1.165, 1.54) is 43.4 Å². The molecule has 0 amide bonds. The molecule has 3 aliphatic rings. The molecule has 0 radical (unpaired) electrons. The van der Waals surface area contributed by atoms with Gasteiger partial charge in [0.25, 0.3) is 0 Å². The topological polar surface area (TPSA) is 52.0 Å². The van der Waals surface area contributed by atoms with Crippen molar-refractivity contribution in [2.24, 2.45) is 5.92 Å². The monoisotopic (exact) mass is 370 g/mol. The average Bonchev–Trinajstić information content (AvgIpc) is 3.56. The van der Waals surface area contributed by atoms with Crippen LogP contribution in [0, 0.1) is 17.2 Å². The maximum atomic E-state index is 9.68. The summed E-state index contributed by atoms with van der Waals surface area (Å²) in [5.74, 6) is 1.45. The maximum absolute atomic E-state index is 9.68. The minimum atomic E-state index is -0.287. The summed E-state index contributed by atoms with van der Waals surface area (Å²) in [6, 6.07) is 13.1. The first-order valence-electron chi connectivity index (χ1n) is 10.4. The second-order valence-corrected chi connectivity index (χ2v) is 8.47. The molecule has 2 aromatic rings. The summed E-state index contributed by atoms with van der Waals surface area (Å²) >= 11 is 0. The number of nitrogens with one attached hydrogen (secondary N) is 1. The highest BCUT2D eigenvalue weighted by atomic mass is 15.2. The highest BCUT2D eigenvalue weighted by Gasteiger charge is 2.45. The van der Waals surface area contributed by atoms with Gasteiger partial charge in [0.1, 0.15) is 5.82 Å². The van der Waals surface area contributed by atoms with Gasteiger partial charge < -0.3 is 10.2 Å². The van der Waals surface area contributed by atoms with E-state index in [1.54, 1.807) is 0 Å². The average molecular weight is 371 g/mol. The first-order chi connectivity index (χ1) is 13.7. The Labute approximate surface area is 166 Å². The number of hydrogen-bond acceptors (Lipinski definition) is 4. The Kier molecular flexibility index (Phi) is 4.12. The van der Waals surface area contributed by atoms with Gasteiger partial charge in [0.05, 0.1) is 29.4 Å². The molecule has 0 unspecified atom stereocenters. The Morgan fingerprint density at radius 1 is 1.21 bits per heavy atom. The van der Waals surface area contributed by atoms with E-state index in [4.69, 9.17) is 0 Å². The zero-order chi connectivity index (χ0) is 19.1. The van der Waals surface area contributed by atoms with Crippen molar-refractivity contribution >= 4 is 17.2 Å². The van der Waals surface area contributed by atoms with E-state index >= 15 is 0 Å². The molecule has 4 nitrogen and oxygen atoms in total. The van der Waals surface area contributed by atoms with Crippen LogP contribution >= 0.6 is 0 Å². The van der Waals surface area contributed by atoms with E-state index in [2.05, 4.69) is 52.1 Å². The zero-order valence-electron chi connectivity index (χ0n) is 16.2. The molecule has 1 aromatic heterocycles. The fourth-order valence-corrected chi connectivity index (χ4v) is 4.72. The van der Waals surface area contributed by atoms with Gasteiger partial charge in [-0.2, -0.15) is 5.26 Å². The predicted octanol–water partition coefficient (Wildman–Crippen LogP) is 5.79. The summed E-state index contributed by atoms with van der Waals surface area (Å²) < 4.78 is 0. The number of nitrogens with zero attached hydrogens (tertiary/aromatic N) is 3. The molecule has 2 fully saturated rings. The van der Waals surface area contributed by atoms with Crippen molar-refractivity contribution in [1.29, 1.82) is 5.26 Å². The van der Waals surface area contributed by atoms with Crippen molar-refractivity contribution in [3.05, 3.63) is 59.9 Å². The number of pyridine rings is 1. The summed E-state index contributed by atoms with van der Waals surface area (Å²) in [5.41, 5.74) is 5.41. The predicted molar refractivity (Wildman–Crippen MR) is 112 cm³/mol. The van der Waals surface area contributed by atoms with E-state index in [0.29, 0.717) is 5.92 Å². The van der Waals surface area contributed by atoms with Crippen LogP contribution in [0.5, 0.6) is 0 Å². The van der Waals surface area contributed by atoms with Gasteiger partial charge in [-0.3, -0.25) is 0 Å². The Balaban J connectivity index is 1.59. The molecule has 0 saturated heterocycles. The normalized spacial score (nSPS) is 20.2. The minimum Gasteiger partial charge on any atom is -0.339 e. The number of anilines is 3. The SMILES string of the molecule is C=C(C1CCCCC1)N1Cc2cccnc2Nc2ccc(C3(C#N)CC3)cc21. The highest BCUT2D eigenvalue weighted by Crippen LogP contribution is 2.50. The summed E-state index contributed by atoms with van der Waals surface area (Å²) in [7, 11) is 0. The molecule has 2 heterocycles. The third-order valence-corrected chi connectivity index (χ3v) is 6.70. The van der Waals surface area contributed by atoms with Crippen LogP contribution in [0.25, 0.3) is 0 Å². The standard InChI is InChI=1S/C24H26N4/c1-17(18-6-3-2-4-7-18)28-15-19-8-5-13-26-23(19)27-21-10-9-20(14-22(21)28)24(16-25)11-12-24/h5,8-10,13-14,18H,1-4,6-7,11-12,15H2,(H,26,27). The summed E-state index contributed by atoms with van der Waals surface area (Å²) in [6.45, 7) is 5.32. The van der Waals surface area contributed by atoms with Crippen LogP contribution in [0.2, 0.25) is 0 Å². The fourth-order valence-electron chi connectivity index (χ4n) is 4.72. The molecule has 5 rings (SSSR count). The van der Waals surface area contributed by atoms with Gasteiger partial charge in [-0.05, 0) is 55.4 Å². The van der Waals surface area contributed by atoms with E-state index in [0.717, 1.165) is 42.1 Å². The Bertz CT molecular complexity index is 961. The van der Waals surface area contributed by atoms with Crippen LogP contribution in [-0.2, 0) is 12.0 Å². The smallest absolute Gasteiger partial charge is 0.135 e. The third-order valence-electron chi connectivity index (χ3n) is 6.70. The van der Waals surface area contributed by atoms with Gasteiger partial charge in [0.15, 0.2) is 0 Å². The zero-order valence-corrected chi connectivity index (χ0v) is 16.2. The first kappa shape index (κ1) is 17.3. The molecule has 0 bridgehead atoms. The molecule has 0 spiro atoms. The molecule has 28 heavy (non-hydrogen) atoms. The van der Waals surface area contributed by atoms with Crippen molar-refractivity contribution in [3.8, 4) is 6.07 Å². The van der Waals surface area contributed by atoms with Crippen molar-refractivity contribution in [2.45, 2.75) is 56.9 Å². The van der Waals surface area contributed by atoms with Crippen LogP contribution in [0.1, 0.15) is 56.1 Å². The van der Waals surface area contributed by atoms with Crippen LogP contribution in [0.4, 0.5) is 17.2 Å². The Hall–Kier alpha value is -2.80. The van der Waals surface area contributed by atoms with Crippen molar-refractivity contribution in [1.82, 2.24) is 4.98 Å². The second kappa shape index (κ2) is 6.67. The van der Waals surface area contributed by atoms with Gasteiger partial charge in [0, 0.05) is 17.5 Å². The number of fused-ring (bicyclic) bond motifs is 2. The molecule has 2 saturated carbocycles. The quantitative estimate of drug-likeness (QED) is 0.742. The van der Waals surface area contributed by atoms with E-state index in [-0.39, 0.29) is 5.41 Å². The number of allylic oxidation sites excluding steroid dienone is 1. The lowest BCUT2D eigenvalue weighted by Gasteiger charge is -2.34. The van der Waals surface area contributed by atoms with Gasteiger partial charge in [-0.15, -0.1) is 0 Å². The van der Waals surface area contributed by atoms with Crippen molar-refractivity contribution < 1.29 is 0 Å². The Morgan fingerprint density at radius 3 is 2.79 bits per heavy atom. The summed E-state index contributed by atoms with van der Waals surface area (Å²) in [6.07, 6.45) is 10.1. The first-order valence-corrected chi connectivity index (χ1v) is 10.4. The molecular formula is C24H26N4. The van der Waals surface area contributed by atoms with Gasteiger partial charge in [-0.1, -0.05) is 38.0 Å². The van der Waals surface area contributed by atoms with E-state index < -0.39 is 0 Å². The van der Waals surface area contributed by atoms with Crippen LogP contribution in [0.3, 0.4) is 0 Å². The fraction of sp³-hybridized carbons (Fsp3) is 0.417. The number of aromatic nitrogens is 1. The number of rotatable bonds is 3. The molecule has 1 N–H and O–H groups in total. The van der Waals surface area contributed by atoms with Gasteiger partial charge in [0.2, 0.25) is 0 Å². The molecule has 1 aliphatic heterocycles. The van der Waals surface area contributed by atoms with E-state index in [1.807, 2.05) is 12.3 Å². The Morgan fingerprint density at radius 2 is 2.04 bits per heavy atom. The molecule has 1 aromatic carbocycles. The maximum Gasteiger partial charge on any atom is 0.135 e. The molecule has 4 heteroatoms. The minimum absolute atomic E-state index is 0.287. The summed E-state index contributed by atoms with van der Waals surface area (Å²) in [4.78, 5) is 6.94. The van der Waals surface area contributed by atoms with Crippen LogP contribution in [-0.4, -0.2) is 4.98 Å². The number of benzene rings is 1. The summed E-state index contributed by atoms with van der Waals surface area (Å²) in [5, 5.41) is 13.2. The lowest BCUT2D eigenvalue weighted by molar-refractivity contribution is 0.396. The largest absolute Gasteiger partial charge is 0.339 e. The molecule has 0 atom stereocenters. The molecule has 2 aliphatic carbocycles. The molecule has 142 valence electrons. The second-order valence-electron chi connectivity index (χ2n) is 8.47. The molecular weight excluding hydrogens is 344 g/mol. The van der Waals surface area contributed by atoms with E-state index in [9.17, 15) is 5.26 Å². The lowest BCUT2D eigenvalue weighted by atomic mass is 9.86. The van der Waals surface area contributed by atoms with Crippen molar-refractivity contribution in [3.63, 3.8) is 0 Å². The highest BCUT2D eigenvalue weighted by molar-refractivity contribution is 5.80.